The van der Waals surface area contributed by atoms with E-state index in [2.05, 4.69) is 0 Å². The van der Waals surface area contributed by atoms with Crippen molar-refractivity contribution in [3.8, 4) is 11.5 Å². The SMILES string of the molecule is Cc1ccc(C(=O)c2cn(Cc3cccc(F)c3)c3cc4c(cc3c2=O)OCCO4)cc1. The number of aromatic nitrogens is 1. The molecule has 0 bridgehead atoms. The van der Waals surface area contributed by atoms with Gasteiger partial charge in [0.25, 0.3) is 0 Å². The van der Waals surface area contributed by atoms with Gasteiger partial charge in [-0.3, -0.25) is 9.59 Å². The van der Waals surface area contributed by atoms with Gasteiger partial charge in [-0.15, -0.1) is 0 Å². The highest BCUT2D eigenvalue weighted by Gasteiger charge is 2.21. The molecule has 1 aliphatic heterocycles. The Bertz CT molecular complexity index is 1410. The van der Waals surface area contributed by atoms with Crippen LogP contribution in [0.2, 0.25) is 0 Å². The summed E-state index contributed by atoms with van der Waals surface area (Å²) in [5.41, 5.74) is 2.42. The van der Waals surface area contributed by atoms with Crippen LogP contribution in [0.5, 0.6) is 11.5 Å². The highest BCUT2D eigenvalue weighted by Crippen LogP contribution is 2.34. The Morgan fingerprint density at radius 1 is 1.00 bits per heavy atom. The molecule has 0 N–H and O–H groups in total. The number of carbonyl (C=O) groups is 1. The van der Waals surface area contributed by atoms with Crippen LogP contribution >= 0.6 is 0 Å². The second kappa shape index (κ2) is 7.96. The van der Waals surface area contributed by atoms with Crippen molar-refractivity contribution in [2.24, 2.45) is 0 Å². The van der Waals surface area contributed by atoms with E-state index in [1.165, 1.54) is 12.1 Å². The Morgan fingerprint density at radius 2 is 1.72 bits per heavy atom. The van der Waals surface area contributed by atoms with Gasteiger partial charge in [0.15, 0.2) is 17.3 Å². The van der Waals surface area contributed by atoms with E-state index in [4.69, 9.17) is 9.47 Å². The fourth-order valence-corrected chi connectivity index (χ4v) is 3.91. The summed E-state index contributed by atoms with van der Waals surface area (Å²) in [4.78, 5) is 26.6. The van der Waals surface area contributed by atoms with E-state index < -0.39 is 0 Å². The molecule has 32 heavy (non-hydrogen) atoms. The fourth-order valence-electron chi connectivity index (χ4n) is 3.91. The second-order valence-electron chi connectivity index (χ2n) is 7.84. The van der Waals surface area contributed by atoms with Crippen molar-refractivity contribution in [1.82, 2.24) is 4.57 Å². The maximum absolute atomic E-state index is 13.8. The highest BCUT2D eigenvalue weighted by molar-refractivity contribution is 6.10. The van der Waals surface area contributed by atoms with Crippen LogP contribution in [0.3, 0.4) is 0 Å². The zero-order valence-electron chi connectivity index (χ0n) is 17.4. The van der Waals surface area contributed by atoms with Gasteiger partial charge in [-0.1, -0.05) is 42.0 Å². The number of carbonyl (C=O) groups excluding carboxylic acids is 1. The Balaban J connectivity index is 1.72. The molecule has 1 aliphatic rings. The number of pyridine rings is 1. The zero-order valence-corrected chi connectivity index (χ0v) is 17.4. The Kier molecular flexibility index (Phi) is 4.98. The maximum atomic E-state index is 13.8. The van der Waals surface area contributed by atoms with Gasteiger partial charge in [-0.05, 0) is 30.7 Å². The van der Waals surface area contributed by atoms with Gasteiger partial charge in [0, 0.05) is 24.4 Å². The first-order valence-corrected chi connectivity index (χ1v) is 10.3. The van der Waals surface area contributed by atoms with Gasteiger partial charge in [0.05, 0.1) is 16.5 Å². The van der Waals surface area contributed by atoms with Gasteiger partial charge >= 0.3 is 0 Å². The van der Waals surface area contributed by atoms with Crippen molar-refractivity contribution in [2.75, 3.05) is 13.2 Å². The number of ether oxygens (including phenoxy) is 2. The van der Waals surface area contributed by atoms with Crippen LogP contribution in [0.15, 0.2) is 71.7 Å². The largest absolute Gasteiger partial charge is 0.486 e. The number of rotatable bonds is 4. The Labute approximate surface area is 183 Å². The topological polar surface area (TPSA) is 57.5 Å². The molecule has 160 valence electrons. The van der Waals surface area contributed by atoms with Crippen molar-refractivity contribution < 1.29 is 18.7 Å². The molecule has 0 aliphatic carbocycles. The summed E-state index contributed by atoms with van der Waals surface area (Å²) in [6.07, 6.45) is 1.55. The van der Waals surface area contributed by atoms with Crippen molar-refractivity contribution in [2.45, 2.75) is 13.5 Å². The molecular weight excluding hydrogens is 409 g/mol. The van der Waals surface area contributed by atoms with Gasteiger partial charge < -0.3 is 14.0 Å². The summed E-state index contributed by atoms with van der Waals surface area (Å²) >= 11 is 0. The average Bonchev–Trinajstić information content (AvgIpc) is 2.80. The minimum absolute atomic E-state index is 0.0504. The molecule has 1 aromatic heterocycles. The predicted molar refractivity (Wildman–Crippen MR) is 119 cm³/mol. The van der Waals surface area contributed by atoms with Crippen molar-refractivity contribution >= 4 is 16.7 Å². The molecule has 5 nitrogen and oxygen atoms in total. The first-order chi connectivity index (χ1) is 15.5. The fraction of sp³-hybridized carbons (Fsp3) is 0.154. The van der Waals surface area contributed by atoms with Crippen LogP contribution in [0, 0.1) is 12.7 Å². The normalized spacial score (nSPS) is 12.7. The molecule has 0 saturated carbocycles. The molecular formula is C26H20FNO4. The maximum Gasteiger partial charge on any atom is 0.200 e. The van der Waals surface area contributed by atoms with Crippen LogP contribution in [0.4, 0.5) is 4.39 Å². The van der Waals surface area contributed by atoms with Gasteiger partial charge in [-0.25, -0.2) is 4.39 Å². The lowest BCUT2D eigenvalue weighted by Gasteiger charge is -2.21. The Morgan fingerprint density at radius 3 is 2.44 bits per heavy atom. The number of aryl methyl sites for hydroxylation is 1. The van der Waals surface area contributed by atoms with E-state index in [1.807, 2.05) is 19.1 Å². The van der Waals surface area contributed by atoms with Crippen LogP contribution < -0.4 is 14.9 Å². The molecule has 0 atom stereocenters. The minimum atomic E-state index is -0.377. The zero-order chi connectivity index (χ0) is 22.2. The smallest absolute Gasteiger partial charge is 0.200 e. The number of benzene rings is 3. The van der Waals surface area contributed by atoms with Gasteiger partial charge in [-0.2, -0.15) is 0 Å². The average molecular weight is 429 g/mol. The molecule has 0 unspecified atom stereocenters. The quantitative estimate of drug-likeness (QED) is 0.448. The summed E-state index contributed by atoms with van der Waals surface area (Å²) in [5.74, 6) is 0.296. The van der Waals surface area contributed by atoms with E-state index in [0.717, 1.165) is 5.56 Å². The lowest BCUT2D eigenvalue weighted by Crippen LogP contribution is -2.21. The number of hydrogen-bond donors (Lipinski definition) is 0. The number of nitrogens with zero attached hydrogens (tertiary/aromatic N) is 1. The van der Waals surface area contributed by atoms with E-state index in [1.54, 1.807) is 47.2 Å². The Hall–Kier alpha value is -3.93. The van der Waals surface area contributed by atoms with Crippen LogP contribution in [-0.2, 0) is 6.54 Å². The van der Waals surface area contributed by atoms with Crippen molar-refractivity contribution in [3.05, 3.63) is 105 Å². The molecule has 0 fully saturated rings. The highest BCUT2D eigenvalue weighted by atomic mass is 19.1. The first kappa shape index (κ1) is 20.0. The lowest BCUT2D eigenvalue weighted by atomic mass is 10.0. The van der Waals surface area contributed by atoms with Crippen molar-refractivity contribution in [3.63, 3.8) is 0 Å². The third kappa shape index (κ3) is 3.64. The lowest BCUT2D eigenvalue weighted by molar-refractivity contribution is 0.103. The van der Waals surface area contributed by atoms with Gasteiger partial charge in [0.2, 0.25) is 5.43 Å². The molecule has 5 rings (SSSR count). The number of hydrogen-bond acceptors (Lipinski definition) is 4. The summed E-state index contributed by atoms with van der Waals surface area (Å²) < 4.78 is 26.9. The summed E-state index contributed by atoms with van der Waals surface area (Å²) in [6.45, 7) is 3.01. The monoisotopic (exact) mass is 429 g/mol. The molecule has 0 spiro atoms. The summed E-state index contributed by atoms with van der Waals surface area (Å²) in [6, 6.07) is 16.7. The van der Waals surface area contributed by atoms with Crippen molar-refractivity contribution in [1.29, 1.82) is 0 Å². The third-order valence-corrected chi connectivity index (χ3v) is 5.54. The molecule has 0 radical (unpaired) electrons. The number of fused-ring (bicyclic) bond motifs is 2. The molecule has 2 heterocycles. The van der Waals surface area contributed by atoms with Gasteiger partial charge in [0.1, 0.15) is 19.0 Å². The van der Waals surface area contributed by atoms with Crippen LogP contribution in [-0.4, -0.2) is 23.6 Å². The summed E-state index contributed by atoms with van der Waals surface area (Å²) in [5, 5.41) is 0.351. The summed E-state index contributed by atoms with van der Waals surface area (Å²) in [7, 11) is 0. The number of halogens is 1. The van der Waals surface area contributed by atoms with Crippen LogP contribution in [0.25, 0.3) is 10.9 Å². The van der Waals surface area contributed by atoms with E-state index >= 15 is 0 Å². The third-order valence-electron chi connectivity index (χ3n) is 5.54. The van der Waals surface area contributed by atoms with E-state index in [0.29, 0.717) is 46.7 Å². The minimum Gasteiger partial charge on any atom is -0.486 e. The molecule has 0 amide bonds. The molecule has 4 aromatic rings. The first-order valence-electron chi connectivity index (χ1n) is 10.3. The number of ketones is 1. The molecule has 6 heteroatoms. The van der Waals surface area contributed by atoms with Crippen LogP contribution in [0.1, 0.15) is 27.0 Å². The molecule has 0 saturated heterocycles. The standard InChI is InChI=1S/C26H20FNO4/c1-16-5-7-18(8-6-16)25(29)21-15-28(14-17-3-2-4-19(27)11-17)22-13-24-23(31-9-10-32-24)12-20(22)26(21)30/h2-8,11-13,15H,9-10,14H2,1H3. The van der Waals surface area contributed by atoms with E-state index in [9.17, 15) is 14.0 Å². The predicted octanol–water partition coefficient (Wildman–Crippen LogP) is 4.50. The second-order valence-corrected chi connectivity index (χ2v) is 7.84. The molecule has 3 aromatic carbocycles. The van der Waals surface area contributed by atoms with E-state index in [-0.39, 0.29) is 29.1 Å².